The molecule has 0 fully saturated rings. The van der Waals surface area contributed by atoms with Crippen LogP contribution in [0.3, 0.4) is 0 Å². The fraction of sp³-hybridized carbons (Fsp3) is 0.200. The summed E-state index contributed by atoms with van der Waals surface area (Å²) < 4.78 is 2.44. The van der Waals surface area contributed by atoms with E-state index >= 15 is 0 Å². The van der Waals surface area contributed by atoms with E-state index in [2.05, 4.69) is 17.2 Å². The summed E-state index contributed by atoms with van der Waals surface area (Å²) in [6.45, 7) is 2.03. The third-order valence-electron chi connectivity index (χ3n) is 5.39. The van der Waals surface area contributed by atoms with Gasteiger partial charge in [-0.2, -0.15) is 0 Å². The summed E-state index contributed by atoms with van der Waals surface area (Å²) in [5.74, 6) is -0.364. The number of nitrogens with zero attached hydrogens (tertiary/aromatic N) is 3. The zero-order chi connectivity index (χ0) is 22.5. The standard InChI is InChI=1S/C25H24N4O3/c1-2-18-10-12-20(13-11-18)27-22(30)17-29-23-21(9-6-15-26-23)24(31)28(25(29)32)16-14-19-7-4-3-5-8-19/h3-13,15H,2,14,16-17H2,1H3,(H,27,30). The molecule has 7 heteroatoms. The Kier molecular flexibility index (Phi) is 6.26. The predicted molar refractivity (Wildman–Crippen MR) is 125 cm³/mol. The Morgan fingerprint density at radius 1 is 0.906 bits per heavy atom. The van der Waals surface area contributed by atoms with Gasteiger partial charge in [-0.1, -0.05) is 49.4 Å². The number of aromatic nitrogens is 3. The molecule has 7 nitrogen and oxygen atoms in total. The highest BCUT2D eigenvalue weighted by Gasteiger charge is 2.16. The quantitative estimate of drug-likeness (QED) is 0.490. The first-order valence-electron chi connectivity index (χ1n) is 10.6. The van der Waals surface area contributed by atoms with Crippen LogP contribution >= 0.6 is 0 Å². The molecule has 0 atom stereocenters. The first-order chi connectivity index (χ1) is 15.6. The third-order valence-corrected chi connectivity index (χ3v) is 5.39. The Morgan fingerprint density at radius 3 is 2.38 bits per heavy atom. The maximum absolute atomic E-state index is 13.2. The number of hydrogen-bond donors (Lipinski definition) is 1. The zero-order valence-corrected chi connectivity index (χ0v) is 17.8. The van der Waals surface area contributed by atoms with E-state index in [9.17, 15) is 14.4 Å². The molecule has 0 radical (unpaired) electrons. The molecule has 32 heavy (non-hydrogen) atoms. The van der Waals surface area contributed by atoms with E-state index in [1.165, 1.54) is 20.9 Å². The highest BCUT2D eigenvalue weighted by atomic mass is 16.2. The SMILES string of the molecule is CCc1ccc(NC(=O)Cn2c(=O)n(CCc3ccccc3)c(=O)c3cccnc32)cc1. The number of aryl methyl sites for hydroxylation is 2. The number of anilines is 1. The zero-order valence-electron chi connectivity index (χ0n) is 17.8. The van der Waals surface area contributed by atoms with Gasteiger partial charge in [-0.25, -0.2) is 9.78 Å². The Balaban J connectivity index is 1.65. The van der Waals surface area contributed by atoms with Crippen LogP contribution in [0.5, 0.6) is 0 Å². The van der Waals surface area contributed by atoms with Crippen molar-refractivity contribution in [3.05, 3.63) is 105 Å². The van der Waals surface area contributed by atoms with Gasteiger partial charge in [-0.3, -0.25) is 18.7 Å². The lowest BCUT2D eigenvalue weighted by molar-refractivity contribution is -0.116. The highest BCUT2D eigenvalue weighted by molar-refractivity contribution is 5.91. The fourth-order valence-corrected chi connectivity index (χ4v) is 3.64. The van der Waals surface area contributed by atoms with Crippen LogP contribution in [-0.4, -0.2) is 20.0 Å². The van der Waals surface area contributed by atoms with Crippen LogP contribution < -0.4 is 16.6 Å². The summed E-state index contributed by atoms with van der Waals surface area (Å²) in [4.78, 5) is 43.1. The van der Waals surface area contributed by atoms with Gasteiger partial charge >= 0.3 is 5.69 Å². The lowest BCUT2D eigenvalue weighted by Gasteiger charge is -2.13. The van der Waals surface area contributed by atoms with Gasteiger partial charge in [0.2, 0.25) is 5.91 Å². The molecule has 1 N–H and O–H groups in total. The van der Waals surface area contributed by atoms with Crippen LogP contribution in [0.1, 0.15) is 18.1 Å². The summed E-state index contributed by atoms with van der Waals surface area (Å²) in [5.41, 5.74) is 2.09. The maximum atomic E-state index is 13.2. The van der Waals surface area contributed by atoms with E-state index in [-0.39, 0.29) is 24.6 Å². The van der Waals surface area contributed by atoms with Gasteiger partial charge in [-0.05, 0) is 48.2 Å². The number of amides is 1. The molecule has 0 aliphatic carbocycles. The van der Waals surface area contributed by atoms with Crippen molar-refractivity contribution in [2.24, 2.45) is 0 Å². The molecule has 0 aliphatic rings. The molecule has 4 aromatic rings. The average molecular weight is 428 g/mol. The number of benzene rings is 2. The first kappa shape index (κ1) is 21.2. The molecule has 0 spiro atoms. The van der Waals surface area contributed by atoms with Crippen LogP contribution in [0, 0.1) is 0 Å². The number of pyridine rings is 1. The number of rotatable bonds is 7. The van der Waals surface area contributed by atoms with E-state index in [0.29, 0.717) is 17.5 Å². The molecular weight excluding hydrogens is 404 g/mol. The topological polar surface area (TPSA) is 86.0 Å². The largest absolute Gasteiger partial charge is 0.333 e. The van der Waals surface area contributed by atoms with E-state index in [0.717, 1.165) is 12.0 Å². The van der Waals surface area contributed by atoms with Crippen LogP contribution in [0.4, 0.5) is 5.69 Å². The van der Waals surface area contributed by atoms with Crippen molar-refractivity contribution in [2.45, 2.75) is 32.9 Å². The first-order valence-corrected chi connectivity index (χ1v) is 10.6. The van der Waals surface area contributed by atoms with Crippen molar-refractivity contribution in [3.8, 4) is 0 Å². The molecule has 4 rings (SSSR count). The summed E-state index contributed by atoms with van der Waals surface area (Å²) in [6.07, 6.45) is 2.94. The van der Waals surface area contributed by atoms with Crippen LogP contribution in [0.2, 0.25) is 0 Å². The van der Waals surface area contributed by atoms with Crippen LogP contribution in [0.25, 0.3) is 11.0 Å². The minimum Gasteiger partial charge on any atom is -0.325 e. The number of nitrogens with one attached hydrogen (secondary N) is 1. The molecule has 0 bridgehead atoms. The molecule has 0 aliphatic heterocycles. The molecule has 162 valence electrons. The number of carbonyl (C=O) groups is 1. The van der Waals surface area contributed by atoms with Crippen molar-refractivity contribution in [3.63, 3.8) is 0 Å². The molecule has 0 saturated heterocycles. The predicted octanol–water partition coefficient (Wildman–Crippen LogP) is 3.00. The molecule has 0 saturated carbocycles. The molecular formula is C25H24N4O3. The lowest BCUT2D eigenvalue weighted by Crippen LogP contribution is -2.42. The van der Waals surface area contributed by atoms with Gasteiger partial charge in [0.15, 0.2) is 0 Å². The molecule has 1 amide bonds. The second-order valence-electron chi connectivity index (χ2n) is 7.53. The van der Waals surface area contributed by atoms with E-state index in [1.54, 1.807) is 12.1 Å². The number of hydrogen-bond acceptors (Lipinski definition) is 4. The summed E-state index contributed by atoms with van der Waals surface area (Å²) in [5, 5.41) is 3.12. The Morgan fingerprint density at radius 2 is 1.66 bits per heavy atom. The second kappa shape index (κ2) is 9.43. The lowest BCUT2D eigenvalue weighted by atomic mass is 10.1. The molecule has 2 aromatic carbocycles. The summed E-state index contributed by atoms with van der Waals surface area (Å²) >= 11 is 0. The van der Waals surface area contributed by atoms with Crippen molar-refractivity contribution in [2.75, 3.05) is 5.32 Å². The number of carbonyl (C=O) groups excluding carboxylic acids is 1. The highest BCUT2D eigenvalue weighted by Crippen LogP contribution is 2.11. The maximum Gasteiger partial charge on any atom is 0.333 e. The van der Waals surface area contributed by atoms with Crippen molar-refractivity contribution in [1.29, 1.82) is 0 Å². The van der Waals surface area contributed by atoms with Crippen LogP contribution in [0.15, 0.2) is 82.5 Å². The number of fused-ring (bicyclic) bond motifs is 1. The Labute approximate surface area is 185 Å². The smallest absolute Gasteiger partial charge is 0.325 e. The van der Waals surface area contributed by atoms with Gasteiger partial charge in [0.05, 0.1) is 5.39 Å². The van der Waals surface area contributed by atoms with Crippen molar-refractivity contribution in [1.82, 2.24) is 14.1 Å². The van der Waals surface area contributed by atoms with E-state index in [4.69, 9.17) is 0 Å². The minimum absolute atomic E-state index is 0.204. The van der Waals surface area contributed by atoms with Gasteiger partial charge in [0, 0.05) is 18.4 Å². The van der Waals surface area contributed by atoms with Crippen molar-refractivity contribution < 1.29 is 4.79 Å². The van der Waals surface area contributed by atoms with E-state index in [1.807, 2.05) is 54.6 Å². The monoisotopic (exact) mass is 428 g/mol. The second-order valence-corrected chi connectivity index (χ2v) is 7.53. The van der Waals surface area contributed by atoms with Gasteiger partial charge in [0.25, 0.3) is 5.56 Å². The van der Waals surface area contributed by atoms with Crippen molar-refractivity contribution >= 4 is 22.6 Å². The van der Waals surface area contributed by atoms with Crippen LogP contribution in [-0.2, 0) is 30.7 Å². The van der Waals surface area contributed by atoms with Gasteiger partial charge in [-0.15, -0.1) is 0 Å². The van der Waals surface area contributed by atoms with Gasteiger partial charge < -0.3 is 5.32 Å². The minimum atomic E-state index is -0.548. The normalized spacial score (nSPS) is 10.9. The molecule has 0 unspecified atom stereocenters. The Bertz CT molecular complexity index is 1360. The molecule has 2 heterocycles. The third kappa shape index (κ3) is 4.51. The Hall–Kier alpha value is -4.00. The molecule has 2 aromatic heterocycles. The average Bonchev–Trinajstić information content (AvgIpc) is 2.83. The van der Waals surface area contributed by atoms with E-state index < -0.39 is 11.2 Å². The summed E-state index contributed by atoms with van der Waals surface area (Å²) in [7, 11) is 0. The fourth-order valence-electron chi connectivity index (χ4n) is 3.64. The summed E-state index contributed by atoms with van der Waals surface area (Å²) in [6, 6.07) is 20.5. The van der Waals surface area contributed by atoms with Gasteiger partial charge in [0.1, 0.15) is 12.2 Å².